The van der Waals surface area contributed by atoms with Crippen LogP contribution in [0.15, 0.2) is 42.5 Å². The van der Waals surface area contributed by atoms with Crippen LogP contribution in [-0.4, -0.2) is 10.8 Å². The Morgan fingerprint density at radius 2 is 1.96 bits per heavy atom. The van der Waals surface area contributed by atoms with Crippen molar-refractivity contribution in [2.45, 2.75) is 6.54 Å². The molecule has 0 atom stereocenters. The number of rotatable bonds is 5. The highest BCUT2D eigenvalue weighted by Crippen LogP contribution is 2.22. The molecule has 1 amide bonds. The second kappa shape index (κ2) is 7.81. The van der Waals surface area contributed by atoms with E-state index in [1.807, 2.05) is 0 Å². The van der Waals surface area contributed by atoms with Crippen LogP contribution < -0.4 is 10.4 Å². The number of hydrogen-bond acceptors (Lipinski definition) is 4. The number of carbonyl (C=O) groups excluding carboxylic acids is 1. The van der Waals surface area contributed by atoms with Crippen LogP contribution in [0.5, 0.6) is 5.75 Å². The summed E-state index contributed by atoms with van der Waals surface area (Å²) in [6.45, 7) is -0.113. The molecule has 6 nitrogen and oxygen atoms in total. The topological polar surface area (TPSA) is 95.3 Å². The fourth-order valence-electron chi connectivity index (χ4n) is 1.86. The molecule has 0 unspecified atom stereocenters. The Morgan fingerprint density at radius 3 is 2.62 bits per heavy atom. The van der Waals surface area contributed by atoms with Gasteiger partial charge >= 0.3 is 0 Å². The minimum Gasteiger partial charge on any atom is -0.872 e. The van der Waals surface area contributed by atoms with Crippen molar-refractivity contribution in [3.05, 3.63) is 73.8 Å². The zero-order chi connectivity index (χ0) is 17.7. The number of nitro benzene ring substituents is 1. The molecule has 2 aromatic carbocycles. The monoisotopic (exact) mass is 365 g/mol. The maximum absolute atomic E-state index is 11.8. The molecule has 124 valence electrons. The van der Waals surface area contributed by atoms with E-state index in [9.17, 15) is 20.0 Å². The summed E-state index contributed by atoms with van der Waals surface area (Å²) in [5, 5.41) is 25.7. The summed E-state index contributed by atoms with van der Waals surface area (Å²) >= 11 is 11.8. The lowest BCUT2D eigenvalue weighted by atomic mass is 10.1. The van der Waals surface area contributed by atoms with Gasteiger partial charge < -0.3 is 10.4 Å². The van der Waals surface area contributed by atoms with Crippen molar-refractivity contribution >= 4 is 40.9 Å². The first-order valence-electron chi connectivity index (χ1n) is 6.72. The van der Waals surface area contributed by atoms with Gasteiger partial charge in [-0.15, -0.1) is 5.75 Å². The van der Waals surface area contributed by atoms with E-state index in [0.29, 0.717) is 15.6 Å². The van der Waals surface area contributed by atoms with Gasteiger partial charge in [0.15, 0.2) is 0 Å². The van der Waals surface area contributed by atoms with Gasteiger partial charge in [-0.3, -0.25) is 14.9 Å². The van der Waals surface area contributed by atoms with Crippen molar-refractivity contribution in [3.63, 3.8) is 0 Å². The highest BCUT2D eigenvalue weighted by molar-refractivity contribution is 6.35. The summed E-state index contributed by atoms with van der Waals surface area (Å²) in [4.78, 5) is 21.9. The van der Waals surface area contributed by atoms with Gasteiger partial charge in [0.2, 0.25) is 5.91 Å². The molecule has 24 heavy (non-hydrogen) atoms. The van der Waals surface area contributed by atoms with E-state index in [1.165, 1.54) is 12.2 Å². The van der Waals surface area contributed by atoms with Crippen molar-refractivity contribution < 1.29 is 14.8 Å². The highest BCUT2D eigenvalue weighted by Gasteiger charge is 2.07. The van der Waals surface area contributed by atoms with Gasteiger partial charge in [-0.05, 0) is 29.3 Å². The van der Waals surface area contributed by atoms with E-state index < -0.39 is 10.8 Å². The Labute approximate surface area is 147 Å². The molecule has 0 aliphatic heterocycles. The normalized spacial score (nSPS) is 10.8. The Balaban J connectivity index is 2.02. The van der Waals surface area contributed by atoms with E-state index in [2.05, 4.69) is 5.32 Å². The number of carbonyl (C=O) groups is 1. The van der Waals surface area contributed by atoms with E-state index in [0.717, 1.165) is 18.2 Å². The lowest BCUT2D eigenvalue weighted by Gasteiger charge is -2.12. The summed E-state index contributed by atoms with van der Waals surface area (Å²) < 4.78 is 0. The molecule has 1 N–H and O–H groups in total. The zero-order valence-electron chi connectivity index (χ0n) is 12.2. The molecule has 0 spiro atoms. The van der Waals surface area contributed by atoms with Crippen molar-refractivity contribution in [1.82, 2.24) is 5.32 Å². The molecule has 0 radical (unpaired) electrons. The third-order valence-corrected chi connectivity index (χ3v) is 3.65. The molecule has 2 rings (SSSR count). The van der Waals surface area contributed by atoms with Crippen LogP contribution in [0.25, 0.3) is 6.08 Å². The van der Waals surface area contributed by atoms with Gasteiger partial charge in [0.05, 0.1) is 4.92 Å². The molecule has 0 bridgehead atoms. The second-order valence-electron chi connectivity index (χ2n) is 4.77. The van der Waals surface area contributed by atoms with E-state index in [-0.39, 0.29) is 23.5 Å². The number of hydrogen-bond donors (Lipinski definition) is 1. The maximum atomic E-state index is 11.8. The van der Waals surface area contributed by atoms with Crippen LogP contribution in [0.4, 0.5) is 5.69 Å². The van der Waals surface area contributed by atoms with Crippen molar-refractivity contribution in [1.29, 1.82) is 0 Å². The predicted octanol–water partition coefficient (Wildman–Crippen LogP) is 3.30. The summed E-state index contributed by atoms with van der Waals surface area (Å²) in [7, 11) is 0. The maximum Gasteiger partial charge on any atom is 0.269 e. The molecule has 0 aliphatic carbocycles. The number of nitrogens with one attached hydrogen (secondary N) is 1. The largest absolute Gasteiger partial charge is 0.872 e. The first-order chi connectivity index (χ1) is 11.4. The SMILES string of the molecule is O=C(/C=C/c1ccc(Cl)cc1Cl)NCc1cc([N+](=O)[O-])ccc1[O-]. The van der Waals surface area contributed by atoms with E-state index in [4.69, 9.17) is 23.2 Å². The summed E-state index contributed by atoms with van der Waals surface area (Å²) in [5.41, 5.74) is 0.536. The van der Waals surface area contributed by atoms with Crippen LogP contribution in [-0.2, 0) is 11.3 Å². The Morgan fingerprint density at radius 1 is 1.21 bits per heavy atom. The van der Waals surface area contributed by atoms with Gasteiger partial charge in [-0.1, -0.05) is 35.3 Å². The van der Waals surface area contributed by atoms with E-state index >= 15 is 0 Å². The van der Waals surface area contributed by atoms with Gasteiger partial charge in [0.25, 0.3) is 5.69 Å². The number of nitrogens with zero attached hydrogens (tertiary/aromatic N) is 1. The number of non-ortho nitro benzene ring substituents is 1. The minimum absolute atomic E-state index is 0.113. The lowest BCUT2D eigenvalue weighted by Crippen LogP contribution is -2.21. The Hall–Kier alpha value is -2.57. The lowest BCUT2D eigenvalue weighted by molar-refractivity contribution is -0.385. The highest BCUT2D eigenvalue weighted by atomic mass is 35.5. The third-order valence-electron chi connectivity index (χ3n) is 3.08. The third kappa shape index (κ3) is 4.71. The fraction of sp³-hybridized carbons (Fsp3) is 0.0625. The molecule has 0 aliphatic rings. The molecule has 8 heteroatoms. The summed E-state index contributed by atoms with van der Waals surface area (Å²) in [6, 6.07) is 8.21. The molecule has 0 heterocycles. The number of amides is 1. The van der Waals surface area contributed by atoms with Gasteiger partial charge in [0, 0.05) is 34.8 Å². The first kappa shape index (κ1) is 17.8. The fourth-order valence-corrected chi connectivity index (χ4v) is 2.33. The predicted molar refractivity (Wildman–Crippen MR) is 89.9 cm³/mol. The van der Waals surface area contributed by atoms with Crippen molar-refractivity contribution in [2.24, 2.45) is 0 Å². The average Bonchev–Trinajstić information content (AvgIpc) is 2.53. The molecule has 0 saturated carbocycles. The first-order valence-corrected chi connectivity index (χ1v) is 7.47. The van der Waals surface area contributed by atoms with Gasteiger partial charge in [-0.2, -0.15) is 0 Å². The van der Waals surface area contributed by atoms with Crippen LogP contribution in [0, 0.1) is 10.1 Å². The Bertz CT molecular complexity index is 822. The molecule has 0 aromatic heterocycles. The minimum atomic E-state index is -0.604. The van der Waals surface area contributed by atoms with Crippen LogP contribution in [0.2, 0.25) is 10.0 Å². The molecule has 0 fully saturated rings. The summed E-state index contributed by atoms with van der Waals surface area (Å²) in [5.74, 6) is -0.849. The van der Waals surface area contributed by atoms with Gasteiger partial charge in [0.1, 0.15) is 0 Å². The van der Waals surface area contributed by atoms with Crippen molar-refractivity contribution in [2.75, 3.05) is 0 Å². The number of benzene rings is 2. The molecule has 0 saturated heterocycles. The van der Waals surface area contributed by atoms with Crippen molar-refractivity contribution in [3.8, 4) is 5.75 Å². The van der Waals surface area contributed by atoms with Gasteiger partial charge in [-0.25, -0.2) is 0 Å². The average molecular weight is 366 g/mol. The zero-order valence-corrected chi connectivity index (χ0v) is 13.7. The molecule has 2 aromatic rings. The number of halogens is 2. The number of nitro groups is 1. The molecular weight excluding hydrogens is 355 g/mol. The van der Waals surface area contributed by atoms with Crippen LogP contribution >= 0.6 is 23.2 Å². The Kier molecular flexibility index (Phi) is 5.78. The smallest absolute Gasteiger partial charge is 0.269 e. The quantitative estimate of drug-likeness (QED) is 0.499. The molecular formula is C16H11Cl2N2O4-. The summed E-state index contributed by atoms with van der Waals surface area (Å²) in [6.07, 6.45) is 2.75. The van der Waals surface area contributed by atoms with Crippen LogP contribution in [0.3, 0.4) is 0 Å². The standard InChI is InChI=1S/C16H12Cl2N2O4/c17-12-3-1-10(14(18)8-12)2-6-16(22)19-9-11-7-13(20(23)24)4-5-15(11)21/h1-8,21H,9H2,(H,19,22)/p-1/b6-2+. The second-order valence-corrected chi connectivity index (χ2v) is 5.61. The van der Waals surface area contributed by atoms with Crippen LogP contribution in [0.1, 0.15) is 11.1 Å². The van der Waals surface area contributed by atoms with E-state index in [1.54, 1.807) is 18.2 Å².